The van der Waals surface area contributed by atoms with Gasteiger partial charge in [0.1, 0.15) is 17.3 Å². The van der Waals surface area contributed by atoms with Gasteiger partial charge in [-0.2, -0.15) is 13.2 Å². The number of hydrogen-bond acceptors (Lipinski definition) is 2. The molecule has 0 bridgehead atoms. The maximum Gasteiger partial charge on any atom is 0.416 e. The van der Waals surface area contributed by atoms with Crippen molar-refractivity contribution < 1.29 is 26.8 Å². The summed E-state index contributed by atoms with van der Waals surface area (Å²) in [7, 11) is 0. The summed E-state index contributed by atoms with van der Waals surface area (Å²) < 4.78 is 57.6. The lowest BCUT2D eigenvalue weighted by atomic mass is 10.1. The van der Waals surface area contributed by atoms with Crippen LogP contribution >= 0.6 is 0 Å². The molecule has 146 valence electrons. The van der Waals surface area contributed by atoms with E-state index in [1.807, 2.05) is 0 Å². The third-order valence-corrected chi connectivity index (χ3v) is 4.15. The van der Waals surface area contributed by atoms with E-state index >= 15 is 0 Å². The molecular formula is C21H17F4NO2. The first-order chi connectivity index (χ1) is 13.2. The summed E-state index contributed by atoms with van der Waals surface area (Å²) in [6, 6.07) is 13.3. The maximum absolute atomic E-state index is 13.2. The van der Waals surface area contributed by atoms with Gasteiger partial charge >= 0.3 is 6.18 Å². The molecule has 28 heavy (non-hydrogen) atoms. The zero-order chi connectivity index (χ0) is 20.3. The van der Waals surface area contributed by atoms with E-state index in [1.54, 1.807) is 19.1 Å². The third-order valence-electron chi connectivity index (χ3n) is 4.15. The number of benzene rings is 2. The smallest absolute Gasteiger partial charge is 0.416 e. The molecule has 0 radical (unpaired) electrons. The van der Waals surface area contributed by atoms with Crippen LogP contribution in [-0.4, -0.2) is 10.8 Å². The van der Waals surface area contributed by atoms with Crippen molar-refractivity contribution in [2.75, 3.05) is 0 Å². The highest BCUT2D eigenvalue weighted by Crippen LogP contribution is 2.30. The van der Waals surface area contributed by atoms with Crippen LogP contribution in [0.25, 0.3) is 0 Å². The summed E-state index contributed by atoms with van der Waals surface area (Å²) in [6.45, 7) is 1.91. The van der Waals surface area contributed by atoms with Gasteiger partial charge in [-0.3, -0.25) is 4.79 Å². The van der Waals surface area contributed by atoms with Crippen molar-refractivity contribution in [1.82, 2.24) is 4.90 Å². The van der Waals surface area contributed by atoms with Crippen molar-refractivity contribution in [1.29, 1.82) is 0 Å². The van der Waals surface area contributed by atoms with E-state index in [0.29, 0.717) is 17.1 Å². The van der Waals surface area contributed by atoms with E-state index < -0.39 is 23.5 Å². The highest BCUT2D eigenvalue weighted by Gasteiger charge is 2.31. The number of furan rings is 1. The Labute approximate surface area is 159 Å². The molecule has 3 rings (SSSR count). The predicted molar refractivity (Wildman–Crippen MR) is 94.9 cm³/mol. The van der Waals surface area contributed by atoms with Crippen molar-refractivity contribution >= 4 is 5.91 Å². The SMILES string of the molecule is Cc1ccc(CN(Cc2ccc(F)cc2)C(=O)c2cccc(C(F)(F)F)c2)o1. The van der Waals surface area contributed by atoms with Crippen molar-refractivity contribution in [3.63, 3.8) is 0 Å². The largest absolute Gasteiger partial charge is 0.464 e. The van der Waals surface area contributed by atoms with E-state index in [9.17, 15) is 22.4 Å². The Morgan fingerprint density at radius 1 is 1.00 bits per heavy atom. The standard InChI is InChI=1S/C21H17F4NO2/c1-14-5-10-19(28-14)13-26(12-15-6-8-18(22)9-7-15)20(27)16-3-2-4-17(11-16)21(23,24)25/h2-11H,12-13H2,1H3. The molecule has 7 heteroatoms. The van der Waals surface area contributed by atoms with Crippen LogP contribution in [0.15, 0.2) is 65.1 Å². The molecule has 0 spiro atoms. The summed E-state index contributed by atoms with van der Waals surface area (Å²) >= 11 is 0. The second kappa shape index (κ2) is 7.88. The Morgan fingerprint density at radius 3 is 2.32 bits per heavy atom. The lowest BCUT2D eigenvalue weighted by molar-refractivity contribution is -0.137. The van der Waals surface area contributed by atoms with Crippen LogP contribution in [0.1, 0.15) is 33.0 Å². The molecular weight excluding hydrogens is 374 g/mol. The number of nitrogens with zero attached hydrogens (tertiary/aromatic N) is 1. The second-order valence-electron chi connectivity index (χ2n) is 6.38. The van der Waals surface area contributed by atoms with Gasteiger partial charge in [-0.15, -0.1) is 0 Å². The van der Waals surface area contributed by atoms with E-state index in [1.165, 1.54) is 41.3 Å². The minimum Gasteiger partial charge on any atom is -0.464 e. The minimum absolute atomic E-state index is 0.0697. The Bertz CT molecular complexity index is 961. The molecule has 1 heterocycles. The lowest BCUT2D eigenvalue weighted by Crippen LogP contribution is -2.30. The normalized spacial score (nSPS) is 11.5. The Hall–Kier alpha value is -3.09. The van der Waals surface area contributed by atoms with Gasteiger partial charge in [0, 0.05) is 12.1 Å². The number of carbonyl (C=O) groups is 1. The molecule has 0 unspecified atom stereocenters. The molecule has 0 aliphatic rings. The van der Waals surface area contributed by atoms with E-state index in [-0.39, 0.29) is 18.7 Å². The highest BCUT2D eigenvalue weighted by molar-refractivity contribution is 5.94. The number of amides is 1. The van der Waals surface area contributed by atoms with Crippen molar-refractivity contribution in [2.45, 2.75) is 26.2 Å². The maximum atomic E-state index is 13.2. The quantitative estimate of drug-likeness (QED) is 0.532. The van der Waals surface area contributed by atoms with Gasteiger partial charge in [0.25, 0.3) is 5.91 Å². The first-order valence-corrected chi connectivity index (χ1v) is 8.48. The number of carbonyl (C=O) groups excluding carboxylic acids is 1. The molecule has 0 saturated carbocycles. The number of alkyl halides is 3. The second-order valence-corrected chi connectivity index (χ2v) is 6.38. The molecule has 2 aromatic carbocycles. The fourth-order valence-corrected chi connectivity index (χ4v) is 2.78. The number of hydrogen-bond donors (Lipinski definition) is 0. The molecule has 3 aromatic rings. The van der Waals surface area contributed by atoms with Gasteiger partial charge in [0.15, 0.2) is 0 Å². The molecule has 0 N–H and O–H groups in total. The predicted octanol–water partition coefficient (Wildman–Crippen LogP) is 5.59. The van der Waals surface area contributed by atoms with Crippen LogP contribution in [-0.2, 0) is 19.3 Å². The topological polar surface area (TPSA) is 33.5 Å². The summed E-state index contributed by atoms with van der Waals surface area (Å²) in [4.78, 5) is 14.3. The molecule has 0 saturated heterocycles. The van der Waals surface area contributed by atoms with Gasteiger partial charge in [0.2, 0.25) is 0 Å². The van der Waals surface area contributed by atoms with E-state index in [0.717, 1.165) is 12.1 Å². The zero-order valence-electron chi connectivity index (χ0n) is 15.0. The Kier molecular flexibility index (Phi) is 5.53. The first-order valence-electron chi connectivity index (χ1n) is 8.48. The third kappa shape index (κ3) is 4.79. The van der Waals surface area contributed by atoms with Crippen LogP contribution < -0.4 is 0 Å². The van der Waals surface area contributed by atoms with Crippen molar-refractivity contribution in [2.24, 2.45) is 0 Å². The molecule has 1 amide bonds. The molecule has 3 nitrogen and oxygen atoms in total. The number of rotatable bonds is 5. The molecule has 1 aromatic heterocycles. The van der Waals surface area contributed by atoms with Crippen LogP contribution in [0.4, 0.5) is 17.6 Å². The monoisotopic (exact) mass is 391 g/mol. The number of halogens is 4. The van der Waals surface area contributed by atoms with Gasteiger partial charge in [-0.1, -0.05) is 18.2 Å². The van der Waals surface area contributed by atoms with Crippen LogP contribution in [0.3, 0.4) is 0 Å². The first kappa shape index (κ1) is 19.7. The van der Waals surface area contributed by atoms with Crippen molar-refractivity contribution in [3.8, 4) is 0 Å². The summed E-state index contributed by atoms with van der Waals surface area (Å²) in [6.07, 6.45) is -4.55. The van der Waals surface area contributed by atoms with Gasteiger partial charge in [0.05, 0.1) is 12.1 Å². The van der Waals surface area contributed by atoms with Crippen molar-refractivity contribution in [3.05, 3.63) is 94.7 Å². The Balaban J connectivity index is 1.90. The van der Waals surface area contributed by atoms with Crippen LogP contribution in [0.5, 0.6) is 0 Å². The fourth-order valence-electron chi connectivity index (χ4n) is 2.78. The van der Waals surface area contributed by atoms with Gasteiger partial charge in [-0.05, 0) is 55.0 Å². The zero-order valence-corrected chi connectivity index (χ0v) is 15.0. The highest BCUT2D eigenvalue weighted by atomic mass is 19.4. The fraction of sp³-hybridized carbons (Fsp3) is 0.190. The Morgan fingerprint density at radius 2 is 1.71 bits per heavy atom. The summed E-state index contributed by atoms with van der Waals surface area (Å²) in [5.74, 6) is 0.161. The minimum atomic E-state index is -4.55. The molecule has 0 aliphatic heterocycles. The van der Waals surface area contributed by atoms with Gasteiger partial charge < -0.3 is 9.32 Å². The van der Waals surface area contributed by atoms with E-state index in [2.05, 4.69) is 0 Å². The molecule has 0 aliphatic carbocycles. The summed E-state index contributed by atoms with van der Waals surface area (Å²) in [5, 5.41) is 0. The molecule has 0 atom stereocenters. The van der Waals surface area contributed by atoms with Crippen LogP contribution in [0.2, 0.25) is 0 Å². The van der Waals surface area contributed by atoms with Gasteiger partial charge in [-0.25, -0.2) is 4.39 Å². The summed E-state index contributed by atoms with van der Waals surface area (Å²) in [5.41, 5.74) is -0.334. The van der Waals surface area contributed by atoms with E-state index in [4.69, 9.17) is 4.42 Å². The van der Waals surface area contributed by atoms with Crippen LogP contribution in [0, 0.1) is 12.7 Å². The lowest BCUT2D eigenvalue weighted by Gasteiger charge is -2.22. The average Bonchev–Trinajstić information content (AvgIpc) is 3.06. The average molecular weight is 391 g/mol. The molecule has 0 fully saturated rings. The number of aryl methyl sites for hydroxylation is 1.